The van der Waals surface area contributed by atoms with Crippen molar-refractivity contribution in [3.63, 3.8) is 0 Å². The third kappa shape index (κ3) is 5.15. The Bertz CT molecular complexity index is 662. The molecule has 0 aromatic heterocycles. The first-order valence-corrected chi connectivity index (χ1v) is 7.90. The molecule has 0 fully saturated rings. The van der Waals surface area contributed by atoms with Crippen LogP contribution in [0, 0.1) is 0 Å². The summed E-state index contributed by atoms with van der Waals surface area (Å²) >= 11 is 3.36. The van der Waals surface area contributed by atoms with Crippen molar-refractivity contribution >= 4 is 27.8 Å². The summed E-state index contributed by atoms with van der Waals surface area (Å²) in [6, 6.07) is 15.0. The highest BCUT2D eigenvalue weighted by molar-refractivity contribution is 9.10. The third-order valence-corrected chi connectivity index (χ3v) is 3.39. The molecule has 0 aliphatic heterocycles. The van der Waals surface area contributed by atoms with Gasteiger partial charge in [-0.3, -0.25) is 4.79 Å². The molecule has 0 heterocycles. The molecule has 2 rings (SSSR count). The third-order valence-electron chi connectivity index (χ3n) is 2.86. The van der Waals surface area contributed by atoms with E-state index in [9.17, 15) is 4.79 Å². The predicted octanol–water partition coefficient (Wildman–Crippen LogP) is 5.52. The van der Waals surface area contributed by atoms with E-state index < -0.39 is 0 Å². The van der Waals surface area contributed by atoms with Gasteiger partial charge in [0.25, 0.3) is 0 Å². The highest BCUT2D eigenvalue weighted by Crippen LogP contribution is 2.19. The Morgan fingerprint density at radius 1 is 1.00 bits per heavy atom. The first kappa shape index (κ1) is 16.5. The van der Waals surface area contributed by atoms with Crippen molar-refractivity contribution in [1.82, 2.24) is 0 Å². The topological polar surface area (TPSA) is 26.3 Å². The van der Waals surface area contributed by atoms with Crippen molar-refractivity contribution in [1.29, 1.82) is 0 Å². The van der Waals surface area contributed by atoms with Crippen molar-refractivity contribution in [3.05, 3.63) is 70.2 Å². The molecule has 0 spiro atoms. The molecule has 0 unspecified atom stereocenters. The van der Waals surface area contributed by atoms with E-state index >= 15 is 0 Å². The molecule has 0 radical (unpaired) electrons. The molecular formula is C19H19BrO2. The van der Waals surface area contributed by atoms with Gasteiger partial charge < -0.3 is 4.74 Å². The van der Waals surface area contributed by atoms with Gasteiger partial charge in [-0.25, -0.2) is 0 Å². The summed E-state index contributed by atoms with van der Waals surface area (Å²) in [5.41, 5.74) is 1.42. The van der Waals surface area contributed by atoms with E-state index in [2.05, 4.69) is 15.9 Å². The van der Waals surface area contributed by atoms with Gasteiger partial charge in [0.2, 0.25) is 0 Å². The monoisotopic (exact) mass is 358 g/mol. The lowest BCUT2D eigenvalue weighted by Gasteiger charge is -2.21. The number of hydrogen-bond donors (Lipinski definition) is 0. The van der Waals surface area contributed by atoms with Crippen molar-refractivity contribution < 1.29 is 9.53 Å². The number of allylic oxidation sites excluding steroid dienone is 1. The van der Waals surface area contributed by atoms with Gasteiger partial charge in [0.1, 0.15) is 11.4 Å². The molecule has 3 heteroatoms. The first-order valence-electron chi connectivity index (χ1n) is 7.10. The number of halogens is 1. The number of ketones is 1. The van der Waals surface area contributed by atoms with Gasteiger partial charge in [0, 0.05) is 10.0 Å². The smallest absolute Gasteiger partial charge is 0.185 e. The van der Waals surface area contributed by atoms with Crippen molar-refractivity contribution in [3.8, 4) is 5.75 Å². The Balaban J connectivity index is 2.04. The summed E-state index contributed by atoms with van der Waals surface area (Å²) in [5, 5.41) is 0. The van der Waals surface area contributed by atoms with Gasteiger partial charge in [-0.2, -0.15) is 0 Å². The summed E-state index contributed by atoms with van der Waals surface area (Å²) in [6.07, 6.45) is 3.40. The van der Waals surface area contributed by atoms with E-state index in [1.807, 2.05) is 63.2 Å². The quantitative estimate of drug-likeness (QED) is 0.531. The molecular weight excluding hydrogens is 340 g/mol. The molecule has 22 heavy (non-hydrogen) atoms. The van der Waals surface area contributed by atoms with Crippen LogP contribution in [0.2, 0.25) is 0 Å². The van der Waals surface area contributed by atoms with E-state index in [-0.39, 0.29) is 11.4 Å². The maximum atomic E-state index is 12.1. The largest absolute Gasteiger partial charge is 0.488 e. The van der Waals surface area contributed by atoms with Crippen molar-refractivity contribution in [2.45, 2.75) is 26.4 Å². The highest BCUT2D eigenvalue weighted by atomic mass is 79.9. The second kappa shape index (κ2) is 6.93. The predicted molar refractivity (Wildman–Crippen MR) is 94.3 cm³/mol. The van der Waals surface area contributed by atoms with Gasteiger partial charge in [-0.1, -0.05) is 34.1 Å². The molecule has 0 aliphatic carbocycles. The van der Waals surface area contributed by atoms with E-state index in [1.165, 1.54) is 0 Å². The lowest BCUT2D eigenvalue weighted by Crippen LogP contribution is -2.22. The molecule has 0 bridgehead atoms. The van der Waals surface area contributed by atoms with Crippen LogP contribution < -0.4 is 4.74 Å². The standard InChI is InChI=1S/C19H19BrO2/c1-19(2,3)22-17-11-4-14(5-12-17)6-13-18(21)15-7-9-16(20)10-8-15/h4-13H,1-3H3/b13-6+. The minimum absolute atomic E-state index is 0.0116. The van der Waals surface area contributed by atoms with Gasteiger partial charge in [0.05, 0.1) is 0 Å². The Morgan fingerprint density at radius 2 is 1.59 bits per heavy atom. The fourth-order valence-electron chi connectivity index (χ4n) is 1.88. The zero-order valence-corrected chi connectivity index (χ0v) is 14.6. The SMILES string of the molecule is CC(C)(C)Oc1ccc(/C=C/C(=O)c2ccc(Br)cc2)cc1. The molecule has 0 atom stereocenters. The number of rotatable bonds is 4. The van der Waals surface area contributed by atoms with E-state index in [0.29, 0.717) is 5.56 Å². The Kier molecular flexibility index (Phi) is 5.19. The fraction of sp³-hybridized carbons (Fsp3) is 0.211. The Hall–Kier alpha value is -1.87. The molecule has 2 nitrogen and oxygen atoms in total. The van der Waals surface area contributed by atoms with E-state index in [4.69, 9.17) is 4.74 Å². The van der Waals surface area contributed by atoms with Crippen LogP contribution in [0.3, 0.4) is 0 Å². The summed E-state index contributed by atoms with van der Waals surface area (Å²) in [5.74, 6) is 0.811. The van der Waals surface area contributed by atoms with E-state index in [1.54, 1.807) is 18.2 Å². The summed E-state index contributed by atoms with van der Waals surface area (Å²) in [6.45, 7) is 6.03. The second-order valence-electron chi connectivity index (χ2n) is 5.99. The molecule has 0 aliphatic rings. The minimum Gasteiger partial charge on any atom is -0.488 e. The van der Waals surface area contributed by atoms with Gasteiger partial charge in [0.15, 0.2) is 5.78 Å². The number of carbonyl (C=O) groups excluding carboxylic acids is 1. The summed E-state index contributed by atoms with van der Waals surface area (Å²) in [4.78, 5) is 12.1. The number of ether oxygens (including phenoxy) is 1. The maximum Gasteiger partial charge on any atom is 0.185 e. The lowest BCUT2D eigenvalue weighted by molar-refractivity contribution is 0.104. The summed E-state index contributed by atoms with van der Waals surface area (Å²) in [7, 11) is 0. The van der Waals surface area contributed by atoms with Crippen LogP contribution in [0.25, 0.3) is 6.08 Å². The van der Waals surface area contributed by atoms with Crippen molar-refractivity contribution in [2.75, 3.05) is 0 Å². The molecule has 114 valence electrons. The molecule has 2 aromatic rings. The van der Waals surface area contributed by atoms with Gasteiger partial charge in [-0.15, -0.1) is 0 Å². The second-order valence-corrected chi connectivity index (χ2v) is 6.90. The first-order chi connectivity index (χ1) is 10.3. The van der Waals surface area contributed by atoms with Crippen LogP contribution in [0.1, 0.15) is 36.7 Å². The summed E-state index contributed by atoms with van der Waals surface area (Å²) < 4.78 is 6.73. The zero-order chi connectivity index (χ0) is 16.2. The van der Waals surface area contributed by atoms with Crippen LogP contribution in [-0.2, 0) is 0 Å². The lowest BCUT2D eigenvalue weighted by atomic mass is 10.1. The van der Waals surface area contributed by atoms with E-state index in [0.717, 1.165) is 15.8 Å². The maximum absolute atomic E-state index is 12.1. The highest BCUT2D eigenvalue weighted by Gasteiger charge is 2.11. The number of hydrogen-bond acceptors (Lipinski definition) is 2. The fourth-order valence-corrected chi connectivity index (χ4v) is 2.15. The Labute approximate surface area is 139 Å². The molecule has 0 saturated carbocycles. The van der Waals surface area contributed by atoms with Crippen LogP contribution in [0.5, 0.6) is 5.75 Å². The van der Waals surface area contributed by atoms with Gasteiger partial charge in [-0.05, 0) is 68.8 Å². The minimum atomic E-state index is -0.213. The molecule has 0 N–H and O–H groups in total. The average Bonchev–Trinajstić information content (AvgIpc) is 2.45. The Morgan fingerprint density at radius 3 is 2.14 bits per heavy atom. The van der Waals surface area contributed by atoms with Crippen LogP contribution in [0.4, 0.5) is 0 Å². The normalized spacial score (nSPS) is 11.6. The zero-order valence-electron chi connectivity index (χ0n) is 13.0. The molecule has 0 saturated heterocycles. The number of carbonyl (C=O) groups is 1. The average molecular weight is 359 g/mol. The van der Waals surface area contributed by atoms with Crippen LogP contribution >= 0.6 is 15.9 Å². The molecule has 2 aromatic carbocycles. The van der Waals surface area contributed by atoms with Crippen LogP contribution in [0.15, 0.2) is 59.1 Å². The van der Waals surface area contributed by atoms with Crippen molar-refractivity contribution in [2.24, 2.45) is 0 Å². The number of benzene rings is 2. The molecule has 0 amide bonds. The van der Waals surface area contributed by atoms with Gasteiger partial charge >= 0.3 is 0 Å². The van der Waals surface area contributed by atoms with Crippen LogP contribution in [-0.4, -0.2) is 11.4 Å².